The van der Waals surface area contributed by atoms with Crippen LogP contribution in [0.5, 0.6) is 0 Å². The summed E-state index contributed by atoms with van der Waals surface area (Å²) in [6.07, 6.45) is 0.330. The molecular weight excluding hydrogens is 406 g/mol. The number of benzene rings is 3. The van der Waals surface area contributed by atoms with Gasteiger partial charge in [-0.05, 0) is 23.1 Å². The van der Waals surface area contributed by atoms with Gasteiger partial charge in [0.1, 0.15) is 0 Å². The molecule has 0 saturated heterocycles. The molecule has 0 heterocycles. The van der Waals surface area contributed by atoms with E-state index in [1.165, 1.54) is 34.8 Å². The van der Waals surface area contributed by atoms with Gasteiger partial charge in [-0.3, -0.25) is 4.90 Å². The third-order valence-electron chi connectivity index (χ3n) is 7.24. The van der Waals surface area contributed by atoms with Crippen LogP contribution in [0, 0.1) is 0 Å². The van der Waals surface area contributed by atoms with Gasteiger partial charge in [0.25, 0.3) is 0 Å². The minimum absolute atomic E-state index is 0.197. The lowest BCUT2D eigenvalue weighted by Crippen LogP contribution is -2.61. The quantitative estimate of drug-likeness (QED) is 0.313. The van der Waals surface area contributed by atoms with Crippen molar-refractivity contribution in [1.29, 1.82) is 0 Å². The van der Waals surface area contributed by atoms with Gasteiger partial charge in [-0.25, -0.2) is 0 Å². The molecule has 3 aromatic carbocycles. The van der Waals surface area contributed by atoms with Crippen molar-refractivity contribution in [2.75, 3.05) is 0 Å². The predicted octanol–water partition coefficient (Wildman–Crippen LogP) is 6.71. The Bertz CT molecular complexity index is 846. The first-order valence-corrected chi connectivity index (χ1v) is 14.9. The zero-order chi connectivity index (χ0) is 22.8. The normalized spacial score (nSPS) is 13.8. The summed E-state index contributed by atoms with van der Waals surface area (Å²) in [6.45, 7) is 8.78. The average Bonchev–Trinajstić information content (AvgIpc) is 2.84. The van der Waals surface area contributed by atoms with Crippen LogP contribution in [0.15, 0.2) is 91.0 Å². The van der Waals surface area contributed by atoms with Crippen molar-refractivity contribution in [3.05, 3.63) is 108 Å². The minimum atomic E-state index is -1.76. The van der Waals surface area contributed by atoms with Crippen LogP contribution >= 0.6 is 0 Å². The largest absolute Gasteiger partial charge is 0.391 e. The van der Waals surface area contributed by atoms with E-state index in [2.05, 4.69) is 111 Å². The highest BCUT2D eigenvalue weighted by Gasteiger charge is 2.44. The third kappa shape index (κ3) is 6.19. The van der Waals surface area contributed by atoms with Gasteiger partial charge in [-0.1, -0.05) is 130 Å². The van der Waals surface area contributed by atoms with Crippen molar-refractivity contribution in [2.24, 2.45) is 0 Å². The van der Waals surface area contributed by atoms with Crippen LogP contribution < -0.4 is 0 Å². The maximum absolute atomic E-state index is 11.8. The first kappa shape index (κ1) is 24.4. The van der Waals surface area contributed by atoms with Crippen molar-refractivity contribution in [3.63, 3.8) is 0 Å². The second kappa shape index (κ2) is 12.1. The van der Waals surface area contributed by atoms with Crippen LogP contribution in [0.2, 0.25) is 18.1 Å². The second-order valence-electron chi connectivity index (χ2n) is 9.00. The first-order valence-electron chi connectivity index (χ1n) is 12.2. The highest BCUT2D eigenvalue weighted by atomic mass is 28.3. The van der Waals surface area contributed by atoms with E-state index in [4.69, 9.17) is 0 Å². The number of rotatable bonds is 12. The summed E-state index contributed by atoms with van der Waals surface area (Å²) >= 11 is 0. The van der Waals surface area contributed by atoms with E-state index in [0.29, 0.717) is 6.42 Å². The summed E-state index contributed by atoms with van der Waals surface area (Å²) in [5.74, 6) is 0. The Kier molecular flexibility index (Phi) is 9.28. The third-order valence-corrected chi connectivity index (χ3v) is 13.5. The molecule has 3 rings (SSSR count). The van der Waals surface area contributed by atoms with E-state index >= 15 is 0 Å². The van der Waals surface area contributed by atoms with Gasteiger partial charge in [0.05, 0.1) is 14.2 Å². The molecule has 32 heavy (non-hydrogen) atoms. The Hall–Kier alpha value is -2.20. The van der Waals surface area contributed by atoms with Crippen molar-refractivity contribution in [1.82, 2.24) is 4.90 Å². The van der Waals surface area contributed by atoms with E-state index in [-0.39, 0.29) is 11.8 Å². The Morgan fingerprint density at radius 3 is 1.38 bits per heavy atom. The number of aliphatic hydroxyl groups excluding tert-OH is 1. The van der Waals surface area contributed by atoms with Crippen LogP contribution in [0.25, 0.3) is 0 Å². The number of aliphatic hydroxyl groups is 1. The minimum Gasteiger partial charge on any atom is -0.391 e. The van der Waals surface area contributed by atoms with Gasteiger partial charge >= 0.3 is 0 Å². The van der Waals surface area contributed by atoms with Gasteiger partial charge in [-0.2, -0.15) is 0 Å². The van der Waals surface area contributed by atoms with E-state index in [1.807, 2.05) is 6.07 Å². The molecule has 0 bridgehead atoms. The van der Waals surface area contributed by atoms with Gasteiger partial charge in [0.15, 0.2) is 0 Å². The molecule has 3 heteroatoms. The van der Waals surface area contributed by atoms with Crippen LogP contribution in [-0.4, -0.2) is 29.8 Å². The Morgan fingerprint density at radius 2 is 1.00 bits per heavy atom. The summed E-state index contributed by atoms with van der Waals surface area (Å²) < 4.78 is 0. The topological polar surface area (TPSA) is 23.5 Å². The monoisotopic (exact) mass is 445 g/mol. The molecule has 0 amide bonds. The number of hydrogen-bond acceptors (Lipinski definition) is 2. The zero-order valence-electron chi connectivity index (χ0n) is 20.0. The molecule has 0 fully saturated rings. The van der Waals surface area contributed by atoms with Gasteiger partial charge in [0, 0.05) is 18.8 Å². The molecule has 2 unspecified atom stereocenters. The highest BCUT2D eigenvalue weighted by Crippen LogP contribution is 2.33. The fourth-order valence-corrected chi connectivity index (χ4v) is 9.92. The summed E-state index contributed by atoms with van der Waals surface area (Å²) in [5, 5.41) is 11.8. The van der Waals surface area contributed by atoms with Crippen molar-refractivity contribution in [3.8, 4) is 0 Å². The van der Waals surface area contributed by atoms with E-state index in [1.54, 1.807) is 0 Å². The van der Waals surface area contributed by atoms with E-state index in [9.17, 15) is 5.11 Å². The van der Waals surface area contributed by atoms with Gasteiger partial charge in [-0.15, -0.1) is 0 Å². The smallest absolute Gasteiger partial charge is 0.0755 e. The van der Waals surface area contributed by atoms with E-state index in [0.717, 1.165) is 13.1 Å². The standard InChI is InChI=1S/C29H39NOSi/c1-4-32(5-2,6-3)29(28(31)22-25-16-10-7-11-17-25)30(23-26-18-12-8-13-19-26)24-27-20-14-9-15-21-27/h7-21,28-29,31H,4-6,22-24H2,1-3H3. The molecule has 2 nitrogen and oxygen atoms in total. The maximum atomic E-state index is 11.8. The summed E-state index contributed by atoms with van der Waals surface area (Å²) in [5.41, 5.74) is 4.04. The molecule has 1 N–H and O–H groups in total. The fraction of sp³-hybridized carbons (Fsp3) is 0.379. The Labute approximate surface area is 195 Å². The summed E-state index contributed by atoms with van der Waals surface area (Å²) in [7, 11) is -1.76. The first-order chi connectivity index (χ1) is 15.6. The predicted molar refractivity (Wildman–Crippen MR) is 139 cm³/mol. The van der Waals surface area contributed by atoms with Crippen molar-refractivity contribution in [2.45, 2.75) is 70.2 Å². The molecule has 0 aliphatic heterocycles. The Balaban J connectivity index is 2.01. The summed E-state index contributed by atoms with van der Waals surface area (Å²) in [4.78, 5) is 2.60. The highest BCUT2D eigenvalue weighted by molar-refractivity contribution is 6.81. The molecular formula is C29H39NOSi. The zero-order valence-corrected chi connectivity index (χ0v) is 21.0. The lowest BCUT2D eigenvalue weighted by atomic mass is 10.1. The van der Waals surface area contributed by atoms with Crippen molar-refractivity contribution < 1.29 is 5.11 Å². The molecule has 170 valence electrons. The Morgan fingerprint density at radius 1 is 0.625 bits per heavy atom. The molecule has 0 saturated carbocycles. The second-order valence-corrected chi connectivity index (χ2v) is 14.4. The lowest BCUT2D eigenvalue weighted by molar-refractivity contribution is 0.0744. The fourth-order valence-electron chi connectivity index (χ4n) is 5.27. The molecule has 0 radical (unpaired) electrons. The van der Waals surface area contributed by atoms with E-state index < -0.39 is 8.07 Å². The maximum Gasteiger partial charge on any atom is 0.0755 e. The molecule has 2 atom stereocenters. The lowest BCUT2D eigenvalue weighted by Gasteiger charge is -2.47. The number of hydrogen-bond donors (Lipinski definition) is 1. The van der Waals surface area contributed by atoms with Crippen LogP contribution in [-0.2, 0) is 19.5 Å². The van der Waals surface area contributed by atoms with Gasteiger partial charge < -0.3 is 5.11 Å². The SMILES string of the molecule is CC[Si](CC)(CC)C(C(O)Cc1ccccc1)N(Cc1ccccc1)Cc1ccccc1. The number of nitrogens with zero attached hydrogens (tertiary/aromatic N) is 1. The van der Waals surface area contributed by atoms with Crippen molar-refractivity contribution >= 4 is 8.07 Å². The average molecular weight is 446 g/mol. The van der Waals surface area contributed by atoms with Crippen LogP contribution in [0.4, 0.5) is 0 Å². The molecule has 0 spiro atoms. The van der Waals surface area contributed by atoms with Gasteiger partial charge in [0.2, 0.25) is 0 Å². The van der Waals surface area contributed by atoms with Crippen LogP contribution in [0.1, 0.15) is 37.5 Å². The molecule has 0 aromatic heterocycles. The summed E-state index contributed by atoms with van der Waals surface area (Å²) in [6, 6.07) is 35.6. The van der Waals surface area contributed by atoms with Crippen LogP contribution in [0.3, 0.4) is 0 Å². The molecule has 0 aliphatic rings. The molecule has 0 aliphatic carbocycles. The molecule has 3 aromatic rings.